The number of methoxy groups -OCH3 is 2. The summed E-state index contributed by atoms with van der Waals surface area (Å²) in [5, 5.41) is 6.46. The smallest absolute Gasteiger partial charge is 0.175 e. The molecule has 6 nitrogen and oxygen atoms in total. The summed E-state index contributed by atoms with van der Waals surface area (Å²) in [4.78, 5) is 4.88. The van der Waals surface area contributed by atoms with Crippen molar-refractivity contribution in [3.8, 4) is 0 Å². The first-order valence-corrected chi connectivity index (χ1v) is 13.1. The molecule has 190 valence electrons. The molecule has 0 radical (unpaired) electrons. The number of pyridine rings is 1. The predicted octanol–water partition coefficient (Wildman–Crippen LogP) is 5.92. The molecule has 2 aliphatic carbocycles. The first kappa shape index (κ1) is 24.9. The molecule has 0 bridgehead atoms. The van der Waals surface area contributed by atoms with Crippen LogP contribution in [0.25, 0.3) is 5.65 Å². The molecule has 36 heavy (non-hydrogen) atoms. The molecule has 5 rings (SSSR count). The SMILES string of the molecule is COC1=CC(Cl)(OC)C(c2cn3ccc(NC4CCC(NCc5ccccc5C)CC4)cc3n2)C=C1. The number of alkyl halides is 1. The number of hydrogen-bond donors (Lipinski definition) is 2. The van der Waals surface area contributed by atoms with E-state index in [4.69, 9.17) is 26.1 Å². The Hall–Kier alpha value is -2.80. The minimum Gasteiger partial charge on any atom is -0.497 e. The number of aromatic nitrogens is 2. The van der Waals surface area contributed by atoms with E-state index in [9.17, 15) is 0 Å². The second-order valence-corrected chi connectivity index (χ2v) is 10.4. The van der Waals surface area contributed by atoms with Crippen LogP contribution >= 0.6 is 11.6 Å². The summed E-state index contributed by atoms with van der Waals surface area (Å²) in [5.74, 6) is 0.459. The van der Waals surface area contributed by atoms with E-state index in [2.05, 4.69) is 60.2 Å². The van der Waals surface area contributed by atoms with E-state index >= 15 is 0 Å². The van der Waals surface area contributed by atoms with Gasteiger partial charge in [0, 0.05) is 56.0 Å². The van der Waals surface area contributed by atoms with E-state index in [1.165, 1.54) is 24.0 Å². The Bertz CT molecular complexity index is 1260. The standard InChI is InChI=1S/C29H35ClN4O2/c1-20-6-4-5-7-21(20)18-31-22-8-10-23(11-9-22)32-24-14-15-34-19-27(33-28(34)16-24)26-13-12-25(35-2)17-29(26,30)36-3/h4-7,12-17,19,22-23,26,31-32H,8-11,18H2,1-3H3. The van der Waals surface area contributed by atoms with Crippen LogP contribution in [0.5, 0.6) is 0 Å². The number of fused-ring (bicyclic) bond motifs is 1. The first-order chi connectivity index (χ1) is 17.5. The van der Waals surface area contributed by atoms with Crippen LogP contribution in [0.2, 0.25) is 0 Å². The molecule has 1 fully saturated rings. The number of rotatable bonds is 8. The summed E-state index contributed by atoms with van der Waals surface area (Å²) in [6.45, 7) is 3.13. The van der Waals surface area contributed by atoms with Gasteiger partial charge in [-0.1, -0.05) is 41.9 Å². The number of imidazole rings is 1. The third kappa shape index (κ3) is 5.31. The summed E-state index contributed by atoms with van der Waals surface area (Å²) in [5.41, 5.74) is 5.58. The second kappa shape index (κ2) is 10.7. The van der Waals surface area contributed by atoms with Crippen LogP contribution in [0.1, 0.15) is 48.4 Å². The lowest BCUT2D eigenvalue weighted by atomic mass is 9.90. The van der Waals surface area contributed by atoms with Gasteiger partial charge >= 0.3 is 0 Å². The van der Waals surface area contributed by atoms with E-state index in [1.807, 2.05) is 22.7 Å². The Kier molecular flexibility index (Phi) is 7.37. The summed E-state index contributed by atoms with van der Waals surface area (Å²) in [7, 11) is 3.23. The van der Waals surface area contributed by atoms with Gasteiger partial charge in [-0.3, -0.25) is 0 Å². The van der Waals surface area contributed by atoms with Crippen LogP contribution in [0.3, 0.4) is 0 Å². The van der Waals surface area contributed by atoms with Gasteiger partial charge in [0.1, 0.15) is 11.4 Å². The van der Waals surface area contributed by atoms with Crippen LogP contribution in [0.15, 0.2) is 72.8 Å². The van der Waals surface area contributed by atoms with Gasteiger partial charge in [-0.05, 0) is 55.9 Å². The Morgan fingerprint density at radius 3 is 2.64 bits per heavy atom. The maximum Gasteiger partial charge on any atom is 0.175 e. The summed E-state index contributed by atoms with van der Waals surface area (Å²) >= 11 is 6.80. The molecule has 1 aromatic carbocycles. The van der Waals surface area contributed by atoms with E-state index in [0.717, 1.165) is 36.4 Å². The van der Waals surface area contributed by atoms with Gasteiger partial charge in [0.05, 0.1) is 18.7 Å². The van der Waals surface area contributed by atoms with Crippen molar-refractivity contribution in [3.05, 3.63) is 89.6 Å². The largest absolute Gasteiger partial charge is 0.497 e. The van der Waals surface area contributed by atoms with Crippen LogP contribution in [0.4, 0.5) is 5.69 Å². The fraction of sp³-hybridized carbons (Fsp3) is 0.414. The number of ether oxygens (including phenoxy) is 2. The van der Waals surface area contributed by atoms with Crippen LogP contribution in [-0.2, 0) is 16.0 Å². The maximum absolute atomic E-state index is 6.80. The van der Waals surface area contributed by atoms with Gasteiger partial charge in [0.15, 0.2) is 5.06 Å². The fourth-order valence-corrected chi connectivity index (χ4v) is 5.54. The molecule has 0 saturated heterocycles. The number of aryl methyl sites for hydroxylation is 1. The van der Waals surface area contributed by atoms with Crippen LogP contribution < -0.4 is 10.6 Å². The minimum absolute atomic E-state index is 0.221. The minimum atomic E-state index is -1.04. The third-order valence-corrected chi connectivity index (χ3v) is 8.00. The Balaban J connectivity index is 1.20. The normalized spacial score (nSPS) is 26.1. The van der Waals surface area contributed by atoms with Gasteiger partial charge < -0.3 is 24.5 Å². The van der Waals surface area contributed by atoms with Gasteiger partial charge in [0.25, 0.3) is 0 Å². The van der Waals surface area contributed by atoms with Crippen molar-refractivity contribution in [1.29, 1.82) is 0 Å². The Labute approximate surface area is 218 Å². The number of benzene rings is 1. The number of nitrogens with zero attached hydrogens (tertiary/aromatic N) is 2. The highest BCUT2D eigenvalue weighted by Gasteiger charge is 2.39. The lowest BCUT2D eigenvalue weighted by molar-refractivity contribution is 0.0852. The zero-order valence-corrected chi connectivity index (χ0v) is 22.0. The average molecular weight is 507 g/mol. The molecular weight excluding hydrogens is 472 g/mol. The molecule has 0 spiro atoms. The Morgan fingerprint density at radius 2 is 1.89 bits per heavy atom. The molecular formula is C29H35ClN4O2. The van der Waals surface area contributed by atoms with E-state index in [1.54, 1.807) is 20.3 Å². The first-order valence-electron chi connectivity index (χ1n) is 12.7. The molecule has 0 amide bonds. The summed E-state index contributed by atoms with van der Waals surface area (Å²) in [6, 6.07) is 13.9. The molecule has 7 heteroatoms. The topological polar surface area (TPSA) is 59.8 Å². The molecule has 2 N–H and O–H groups in total. The second-order valence-electron chi connectivity index (χ2n) is 9.84. The Morgan fingerprint density at radius 1 is 1.11 bits per heavy atom. The van der Waals surface area contributed by atoms with E-state index < -0.39 is 5.06 Å². The zero-order valence-electron chi connectivity index (χ0n) is 21.2. The van der Waals surface area contributed by atoms with Crippen molar-refractivity contribution in [3.63, 3.8) is 0 Å². The molecule has 2 unspecified atom stereocenters. The van der Waals surface area contributed by atoms with Crippen molar-refractivity contribution in [1.82, 2.24) is 14.7 Å². The highest BCUT2D eigenvalue weighted by molar-refractivity contribution is 6.25. The molecule has 2 heterocycles. The maximum atomic E-state index is 6.80. The summed E-state index contributed by atoms with van der Waals surface area (Å²) < 4.78 is 13.0. The third-order valence-electron chi connectivity index (χ3n) is 7.50. The number of nitrogens with one attached hydrogen (secondary N) is 2. The van der Waals surface area contributed by atoms with E-state index in [0.29, 0.717) is 17.8 Å². The van der Waals surface area contributed by atoms with E-state index in [-0.39, 0.29) is 5.92 Å². The molecule has 2 atom stereocenters. The van der Waals surface area contributed by atoms with Crippen molar-refractivity contribution in [2.75, 3.05) is 19.5 Å². The molecule has 0 aliphatic heterocycles. The van der Waals surface area contributed by atoms with Crippen molar-refractivity contribution in [2.24, 2.45) is 0 Å². The van der Waals surface area contributed by atoms with Crippen LogP contribution in [-0.4, -0.2) is 40.7 Å². The predicted molar refractivity (Wildman–Crippen MR) is 145 cm³/mol. The monoisotopic (exact) mass is 506 g/mol. The molecule has 2 aliphatic rings. The average Bonchev–Trinajstić information content (AvgIpc) is 3.32. The highest BCUT2D eigenvalue weighted by Crippen LogP contribution is 2.41. The summed E-state index contributed by atoms with van der Waals surface area (Å²) in [6.07, 6.45) is 14.4. The van der Waals surface area contributed by atoms with Gasteiger partial charge in [-0.25, -0.2) is 4.98 Å². The number of halogens is 1. The lowest BCUT2D eigenvalue weighted by Crippen LogP contribution is -2.36. The highest BCUT2D eigenvalue weighted by atomic mass is 35.5. The number of anilines is 1. The van der Waals surface area contributed by atoms with Gasteiger partial charge in [-0.2, -0.15) is 0 Å². The number of hydrogen-bond acceptors (Lipinski definition) is 5. The lowest BCUT2D eigenvalue weighted by Gasteiger charge is -2.31. The fourth-order valence-electron chi connectivity index (χ4n) is 5.25. The van der Waals surface area contributed by atoms with Gasteiger partial charge in [0.2, 0.25) is 0 Å². The van der Waals surface area contributed by atoms with Crippen molar-refractivity contribution >= 4 is 22.9 Å². The molecule has 3 aromatic rings. The van der Waals surface area contributed by atoms with Gasteiger partial charge in [-0.15, -0.1) is 0 Å². The van der Waals surface area contributed by atoms with Crippen LogP contribution in [0, 0.1) is 6.92 Å². The van der Waals surface area contributed by atoms with Crippen molar-refractivity contribution < 1.29 is 9.47 Å². The van der Waals surface area contributed by atoms with Crippen molar-refractivity contribution in [2.45, 2.75) is 62.2 Å². The zero-order chi connectivity index (χ0) is 25.1. The number of allylic oxidation sites excluding steroid dienone is 1. The molecule has 2 aromatic heterocycles. The molecule has 1 saturated carbocycles. The quantitative estimate of drug-likeness (QED) is 0.371.